The van der Waals surface area contributed by atoms with Gasteiger partial charge in [0.25, 0.3) is 0 Å². The Bertz CT molecular complexity index is 428. The third kappa shape index (κ3) is 3.55. The summed E-state index contributed by atoms with van der Waals surface area (Å²) in [6.07, 6.45) is 0.999. The lowest BCUT2D eigenvalue weighted by Crippen LogP contribution is -2.42. The van der Waals surface area contributed by atoms with Crippen LogP contribution in [0, 0.1) is 17.6 Å². The molecule has 2 unspecified atom stereocenters. The summed E-state index contributed by atoms with van der Waals surface area (Å²) < 4.78 is 27.6. The van der Waals surface area contributed by atoms with Crippen LogP contribution in [0.25, 0.3) is 0 Å². The van der Waals surface area contributed by atoms with Crippen LogP contribution < -0.4 is 5.32 Å². The first-order valence-electron chi connectivity index (χ1n) is 7.39. The lowest BCUT2D eigenvalue weighted by molar-refractivity contribution is 0.179. The summed E-state index contributed by atoms with van der Waals surface area (Å²) in [5, 5.41) is 3.53. The molecule has 1 aromatic carbocycles. The Kier molecular flexibility index (Phi) is 5.11. The third-order valence-corrected chi connectivity index (χ3v) is 4.25. The molecule has 2 nitrogen and oxygen atoms in total. The Hall–Kier alpha value is -1.00. The molecule has 1 aromatic rings. The summed E-state index contributed by atoms with van der Waals surface area (Å²) in [6.45, 7) is 8.60. The molecule has 1 saturated heterocycles. The predicted octanol–water partition coefficient (Wildman–Crippen LogP) is 3.17. The van der Waals surface area contributed by atoms with Crippen molar-refractivity contribution in [3.05, 3.63) is 35.4 Å². The molecule has 0 radical (unpaired) electrons. The number of hydrogen-bond acceptors (Lipinski definition) is 2. The number of nitrogens with one attached hydrogen (secondary N) is 1. The van der Waals surface area contributed by atoms with E-state index in [0.29, 0.717) is 24.5 Å². The number of nitrogens with zero attached hydrogens (tertiary/aromatic N) is 1. The summed E-state index contributed by atoms with van der Waals surface area (Å²) in [7, 11) is 0. The van der Waals surface area contributed by atoms with Crippen LogP contribution in [0.5, 0.6) is 0 Å². The molecule has 0 saturated carbocycles. The fourth-order valence-electron chi connectivity index (χ4n) is 2.71. The second-order valence-electron chi connectivity index (χ2n) is 6.07. The molecule has 0 amide bonds. The molecule has 1 heterocycles. The Labute approximate surface area is 120 Å². The molecule has 112 valence electrons. The Morgan fingerprint density at radius 1 is 1.30 bits per heavy atom. The zero-order valence-electron chi connectivity index (χ0n) is 12.5. The predicted molar refractivity (Wildman–Crippen MR) is 77.5 cm³/mol. The Balaban J connectivity index is 2.16. The highest BCUT2D eigenvalue weighted by Crippen LogP contribution is 2.20. The van der Waals surface area contributed by atoms with Gasteiger partial charge in [-0.3, -0.25) is 4.90 Å². The van der Waals surface area contributed by atoms with E-state index in [-0.39, 0.29) is 5.56 Å². The van der Waals surface area contributed by atoms with E-state index in [1.807, 2.05) is 0 Å². The number of benzene rings is 1. The molecule has 0 aromatic heterocycles. The molecule has 0 spiro atoms. The monoisotopic (exact) mass is 282 g/mol. The second kappa shape index (κ2) is 6.64. The van der Waals surface area contributed by atoms with Gasteiger partial charge in [-0.25, -0.2) is 8.78 Å². The van der Waals surface area contributed by atoms with Crippen molar-refractivity contribution < 1.29 is 8.78 Å². The number of rotatable bonds is 3. The van der Waals surface area contributed by atoms with Gasteiger partial charge in [-0.1, -0.05) is 19.9 Å². The van der Waals surface area contributed by atoms with Gasteiger partial charge in [-0.2, -0.15) is 0 Å². The van der Waals surface area contributed by atoms with Gasteiger partial charge < -0.3 is 5.32 Å². The van der Waals surface area contributed by atoms with Gasteiger partial charge in [-0.05, 0) is 37.9 Å². The summed E-state index contributed by atoms with van der Waals surface area (Å²) >= 11 is 0. The van der Waals surface area contributed by atoms with Gasteiger partial charge >= 0.3 is 0 Å². The molecule has 2 atom stereocenters. The smallest absolute Gasteiger partial charge is 0.130 e. The van der Waals surface area contributed by atoms with Crippen molar-refractivity contribution >= 4 is 0 Å². The lowest BCUT2D eigenvalue weighted by Gasteiger charge is -2.30. The fourth-order valence-corrected chi connectivity index (χ4v) is 2.71. The summed E-state index contributed by atoms with van der Waals surface area (Å²) in [5.41, 5.74) is 0.184. The number of hydrogen-bond donors (Lipinski definition) is 1. The Morgan fingerprint density at radius 2 is 1.95 bits per heavy atom. The average molecular weight is 282 g/mol. The van der Waals surface area contributed by atoms with E-state index in [1.54, 1.807) is 0 Å². The van der Waals surface area contributed by atoms with Gasteiger partial charge in [0, 0.05) is 30.7 Å². The minimum absolute atomic E-state index is 0.184. The zero-order valence-corrected chi connectivity index (χ0v) is 12.5. The molecule has 20 heavy (non-hydrogen) atoms. The highest BCUT2D eigenvalue weighted by atomic mass is 19.1. The highest BCUT2D eigenvalue weighted by Gasteiger charge is 2.26. The minimum atomic E-state index is -0.449. The first-order chi connectivity index (χ1) is 9.49. The SMILES string of the molecule is CC(C)C1CN(Cc2c(F)cccc2F)C(C)CCN1. The van der Waals surface area contributed by atoms with E-state index < -0.39 is 11.6 Å². The Morgan fingerprint density at radius 3 is 2.55 bits per heavy atom. The largest absolute Gasteiger partial charge is 0.312 e. The molecular weight excluding hydrogens is 258 g/mol. The molecule has 2 rings (SSSR count). The molecule has 1 aliphatic rings. The van der Waals surface area contributed by atoms with E-state index in [0.717, 1.165) is 19.5 Å². The maximum Gasteiger partial charge on any atom is 0.130 e. The molecule has 1 aliphatic heterocycles. The van der Waals surface area contributed by atoms with Crippen molar-refractivity contribution in [3.8, 4) is 0 Å². The minimum Gasteiger partial charge on any atom is -0.312 e. The van der Waals surface area contributed by atoms with Crippen LogP contribution in [0.1, 0.15) is 32.8 Å². The van der Waals surface area contributed by atoms with Crippen LogP contribution in [-0.2, 0) is 6.54 Å². The van der Waals surface area contributed by atoms with Crippen molar-refractivity contribution in [1.29, 1.82) is 0 Å². The molecular formula is C16H24F2N2. The van der Waals surface area contributed by atoms with Crippen LogP contribution in [-0.4, -0.2) is 30.1 Å². The molecule has 1 fully saturated rings. The van der Waals surface area contributed by atoms with Crippen LogP contribution in [0.2, 0.25) is 0 Å². The number of halogens is 2. The fraction of sp³-hybridized carbons (Fsp3) is 0.625. The summed E-state index contributed by atoms with van der Waals surface area (Å²) in [4.78, 5) is 2.19. The van der Waals surface area contributed by atoms with Gasteiger partial charge in [-0.15, -0.1) is 0 Å². The van der Waals surface area contributed by atoms with Gasteiger partial charge in [0.15, 0.2) is 0 Å². The maximum atomic E-state index is 13.8. The quantitative estimate of drug-likeness (QED) is 0.916. The first-order valence-corrected chi connectivity index (χ1v) is 7.39. The van der Waals surface area contributed by atoms with Crippen molar-refractivity contribution in [3.63, 3.8) is 0 Å². The topological polar surface area (TPSA) is 15.3 Å². The summed E-state index contributed by atoms with van der Waals surface area (Å²) in [5.74, 6) is -0.390. The standard InChI is InChI=1S/C16H24F2N2/c1-11(2)16-10-20(12(3)7-8-19-16)9-13-14(17)5-4-6-15(13)18/h4-6,11-12,16,19H,7-10H2,1-3H3. The van der Waals surface area contributed by atoms with E-state index in [4.69, 9.17) is 0 Å². The maximum absolute atomic E-state index is 13.8. The molecule has 0 aliphatic carbocycles. The molecule has 4 heteroatoms. The van der Waals surface area contributed by atoms with Gasteiger partial charge in [0.1, 0.15) is 11.6 Å². The third-order valence-electron chi connectivity index (χ3n) is 4.25. The van der Waals surface area contributed by atoms with Crippen molar-refractivity contribution in [2.24, 2.45) is 5.92 Å². The first kappa shape index (κ1) is 15.4. The van der Waals surface area contributed by atoms with Crippen molar-refractivity contribution in [2.75, 3.05) is 13.1 Å². The van der Waals surface area contributed by atoms with Gasteiger partial charge in [0.2, 0.25) is 0 Å². The van der Waals surface area contributed by atoms with Crippen LogP contribution in [0.4, 0.5) is 8.78 Å². The van der Waals surface area contributed by atoms with E-state index in [1.165, 1.54) is 18.2 Å². The average Bonchev–Trinajstić information content (AvgIpc) is 2.56. The second-order valence-corrected chi connectivity index (χ2v) is 6.07. The lowest BCUT2D eigenvalue weighted by atomic mass is 10.0. The van der Waals surface area contributed by atoms with Crippen LogP contribution in [0.3, 0.4) is 0 Å². The van der Waals surface area contributed by atoms with Gasteiger partial charge in [0.05, 0.1) is 0 Å². The van der Waals surface area contributed by atoms with E-state index >= 15 is 0 Å². The molecule has 0 bridgehead atoms. The van der Waals surface area contributed by atoms with Crippen LogP contribution in [0.15, 0.2) is 18.2 Å². The van der Waals surface area contributed by atoms with Crippen LogP contribution >= 0.6 is 0 Å². The van der Waals surface area contributed by atoms with E-state index in [9.17, 15) is 8.78 Å². The normalized spacial score (nSPS) is 24.9. The van der Waals surface area contributed by atoms with E-state index in [2.05, 4.69) is 31.0 Å². The highest BCUT2D eigenvalue weighted by molar-refractivity contribution is 5.19. The summed E-state index contributed by atoms with van der Waals surface area (Å²) in [6, 6.07) is 4.77. The van der Waals surface area contributed by atoms with Crippen molar-refractivity contribution in [1.82, 2.24) is 10.2 Å². The molecule has 1 N–H and O–H groups in total. The zero-order chi connectivity index (χ0) is 14.7. The van der Waals surface area contributed by atoms with Crippen molar-refractivity contribution in [2.45, 2.75) is 45.8 Å².